The average molecular weight is 211 g/mol. The Hall–Kier alpha value is -1.39. The maximum absolute atomic E-state index is 11.4. The molecule has 0 saturated carbocycles. The summed E-state index contributed by atoms with van der Waals surface area (Å²) in [5.41, 5.74) is 1.84. The maximum Gasteiger partial charge on any atom is 0.309 e. The molecule has 1 heterocycles. The van der Waals surface area contributed by atoms with Crippen molar-refractivity contribution in [1.82, 2.24) is 15.0 Å². The molecule has 0 aromatic carbocycles. The van der Waals surface area contributed by atoms with Crippen molar-refractivity contribution >= 4 is 5.97 Å². The van der Waals surface area contributed by atoms with E-state index in [1.165, 1.54) is 7.11 Å². The lowest BCUT2D eigenvalue weighted by Gasteiger charge is -2.15. The van der Waals surface area contributed by atoms with Crippen molar-refractivity contribution < 1.29 is 9.53 Å². The molecule has 0 saturated heterocycles. The fraction of sp³-hybridized carbons (Fsp3) is 0.700. The number of carbonyl (C=O) groups is 1. The van der Waals surface area contributed by atoms with Gasteiger partial charge >= 0.3 is 5.97 Å². The summed E-state index contributed by atoms with van der Waals surface area (Å²) in [7, 11) is 3.23. The number of esters is 1. The van der Waals surface area contributed by atoms with E-state index in [2.05, 4.69) is 10.3 Å². The minimum Gasteiger partial charge on any atom is -0.469 e. The van der Waals surface area contributed by atoms with Crippen LogP contribution in [-0.2, 0) is 16.6 Å². The topological polar surface area (TPSA) is 57.0 Å². The second kappa shape index (κ2) is 4.42. The number of carbonyl (C=O) groups excluding carboxylic acids is 1. The van der Waals surface area contributed by atoms with Crippen LogP contribution in [0.5, 0.6) is 0 Å². The Kier molecular flexibility index (Phi) is 3.44. The zero-order valence-corrected chi connectivity index (χ0v) is 9.81. The average Bonchev–Trinajstić information content (AvgIpc) is 2.56. The first-order valence-corrected chi connectivity index (χ1v) is 4.93. The molecule has 0 amide bonds. The fourth-order valence-electron chi connectivity index (χ4n) is 1.47. The number of rotatable bonds is 3. The van der Waals surface area contributed by atoms with Gasteiger partial charge < -0.3 is 4.74 Å². The first-order chi connectivity index (χ1) is 6.99. The molecule has 84 valence electrons. The molecule has 0 radical (unpaired) electrons. The van der Waals surface area contributed by atoms with Crippen molar-refractivity contribution in [3.63, 3.8) is 0 Å². The summed E-state index contributed by atoms with van der Waals surface area (Å²) < 4.78 is 6.41. The number of hydrogen-bond acceptors (Lipinski definition) is 4. The largest absolute Gasteiger partial charge is 0.469 e. The van der Waals surface area contributed by atoms with Crippen molar-refractivity contribution in [2.24, 2.45) is 13.0 Å². The summed E-state index contributed by atoms with van der Waals surface area (Å²) in [4.78, 5) is 11.4. The zero-order chi connectivity index (χ0) is 11.6. The second-order valence-electron chi connectivity index (χ2n) is 3.78. The van der Waals surface area contributed by atoms with Gasteiger partial charge in [-0.15, -0.1) is 5.10 Å². The van der Waals surface area contributed by atoms with Gasteiger partial charge in [-0.3, -0.25) is 9.48 Å². The predicted molar refractivity (Wildman–Crippen MR) is 55.3 cm³/mol. The molecular formula is C10H17N3O2. The Balaban J connectivity index is 2.89. The lowest BCUT2D eigenvalue weighted by atomic mass is 9.92. The lowest BCUT2D eigenvalue weighted by molar-refractivity contribution is -0.145. The number of aryl methyl sites for hydroxylation is 1. The van der Waals surface area contributed by atoms with Gasteiger partial charge in [0.1, 0.15) is 0 Å². The molecule has 2 unspecified atom stereocenters. The minimum atomic E-state index is -0.215. The molecule has 1 aromatic rings. The van der Waals surface area contributed by atoms with Crippen LogP contribution in [0.3, 0.4) is 0 Å². The fourth-order valence-corrected chi connectivity index (χ4v) is 1.47. The summed E-state index contributed by atoms with van der Waals surface area (Å²) >= 11 is 0. The highest BCUT2D eigenvalue weighted by molar-refractivity contribution is 5.72. The number of hydrogen-bond donors (Lipinski definition) is 0. The number of nitrogens with zero attached hydrogens (tertiary/aromatic N) is 3. The monoisotopic (exact) mass is 211 g/mol. The van der Waals surface area contributed by atoms with Crippen LogP contribution in [0.25, 0.3) is 0 Å². The SMILES string of the molecule is COC(=O)C(C)C(C)c1nnn(C)c1C. The highest BCUT2D eigenvalue weighted by Crippen LogP contribution is 2.25. The van der Waals surface area contributed by atoms with Gasteiger partial charge in [-0.25, -0.2) is 0 Å². The van der Waals surface area contributed by atoms with E-state index in [1.54, 1.807) is 4.68 Å². The van der Waals surface area contributed by atoms with E-state index in [4.69, 9.17) is 4.74 Å². The quantitative estimate of drug-likeness (QED) is 0.701. The van der Waals surface area contributed by atoms with Crippen molar-refractivity contribution in [3.8, 4) is 0 Å². The molecule has 0 aliphatic rings. The minimum absolute atomic E-state index is 0.0196. The van der Waals surface area contributed by atoms with Gasteiger partial charge in [-0.1, -0.05) is 19.1 Å². The highest BCUT2D eigenvalue weighted by Gasteiger charge is 2.26. The van der Waals surface area contributed by atoms with Gasteiger partial charge in [0.05, 0.1) is 24.4 Å². The highest BCUT2D eigenvalue weighted by atomic mass is 16.5. The van der Waals surface area contributed by atoms with Crippen molar-refractivity contribution in [2.45, 2.75) is 26.7 Å². The molecule has 5 heteroatoms. The van der Waals surface area contributed by atoms with Gasteiger partial charge in [0.15, 0.2) is 0 Å². The smallest absolute Gasteiger partial charge is 0.309 e. The van der Waals surface area contributed by atoms with Crippen LogP contribution < -0.4 is 0 Å². The van der Waals surface area contributed by atoms with Gasteiger partial charge in [0, 0.05) is 13.0 Å². The summed E-state index contributed by atoms with van der Waals surface area (Å²) in [6.45, 7) is 5.74. The predicted octanol–water partition coefficient (Wildman–Crippen LogP) is 1.04. The Morgan fingerprint density at radius 2 is 2.07 bits per heavy atom. The van der Waals surface area contributed by atoms with E-state index in [0.717, 1.165) is 11.4 Å². The number of aromatic nitrogens is 3. The Morgan fingerprint density at radius 3 is 2.47 bits per heavy atom. The summed E-state index contributed by atoms with van der Waals surface area (Å²) in [5.74, 6) is -0.399. The van der Waals surface area contributed by atoms with Gasteiger partial charge in [-0.2, -0.15) is 0 Å². The van der Waals surface area contributed by atoms with E-state index in [-0.39, 0.29) is 17.8 Å². The normalized spacial score (nSPS) is 14.7. The van der Waals surface area contributed by atoms with E-state index in [1.807, 2.05) is 27.8 Å². The molecule has 0 fully saturated rings. The molecule has 0 spiro atoms. The van der Waals surface area contributed by atoms with Crippen molar-refractivity contribution in [3.05, 3.63) is 11.4 Å². The lowest BCUT2D eigenvalue weighted by Crippen LogP contribution is -2.19. The van der Waals surface area contributed by atoms with Gasteiger partial charge in [0.2, 0.25) is 0 Å². The van der Waals surface area contributed by atoms with Crippen molar-refractivity contribution in [1.29, 1.82) is 0 Å². The first kappa shape index (κ1) is 11.7. The molecule has 1 rings (SSSR count). The number of methoxy groups -OCH3 is 1. The summed E-state index contributed by atoms with van der Waals surface area (Å²) in [6, 6.07) is 0. The standard InChI is InChI=1S/C10H17N3O2/c1-6(7(2)10(14)15-5)9-8(3)13(4)12-11-9/h6-7H,1-5H3. The molecule has 0 N–H and O–H groups in total. The van der Waals surface area contributed by atoms with Crippen LogP contribution >= 0.6 is 0 Å². The van der Waals surface area contributed by atoms with E-state index >= 15 is 0 Å². The van der Waals surface area contributed by atoms with Gasteiger partial charge in [0.25, 0.3) is 0 Å². The van der Waals surface area contributed by atoms with E-state index in [9.17, 15) is 4.79 Å². The maximum atomic E-state index is 11.4. The molecule has 1 aromatic heterocycles. The van der Waals surface area contributed by atoms with E-state index < -0.39 is 0 Å². The third kappa shape index (κ3) is 2.16. The second-order valence-corrected chi connectivity index (χ2v) is 3.78. The third-order valence-corrected chi connectivity index (χ3v) is 2.90. The van der Waals surface area contributed by atoms with Gasteiger partial charge in [-0.05, 0) is 6.92 Å². The van der Waals surface area contributed by atoms with Crippen LogP contribution in [0.4, 0.5) is 0 Å². The molecule has 2 atom stereocenters. The summed E-state index contributed by atoms with van der Waals surface area (Å²) in [5, 5.41) is 7.98. The Morgan fingerprint density at radius 1 is 1.47 bits per heavy atom. The first-order valence-electron chi connectivity index (χ1n) is 4.93. The summed E-state index contributed by atoms with van der Waals surface area (Å²) in [6.07, 6.45) is 0. The molecule has 0 aliphatic heterocycles. The molecule has 0 bridgehead atoms. The number of ether oxygens (including phenoxy) is 1. The van der Waals surface area contributed by atoms with Crippen molar-refractivity contribution in [2.75, 3.05) is 7.11 Å². The molecular weight excluding hydrogens is 194 g/mol. The van der Waals surface area contributed by atoms with Crippen LogP contribution in [0.2, 0.25) is 0 Å². The van der Waals surface area contributed by atoms with Crippen LogP contribution in [-0.4, -0.2) is 28.1 Å². The third-order valence-electron chi connectivity index (χ3n) is 2.90. The molecule has 15 heavy (non-hydrogen) atoms. The molecule has 5 nitrogen and oxygen atoms in total. The van der Waals surface area contributed by atoms with E-state index in [0.29, 0.717) is 0 Å². The molecule has 0 aliphatic carbocycles. The Bertz CT molecular complexity index is 360. The van der Waals surface area contributed by atoms with Crippen LogP contribution in [0, 0.1) is 12.8 Å². The zero-order valence-electron chi connectivity index (χ0n) is 9.81. The Labute approximate surface area is 89.4 Å². The van der Waals surface area contributed by atoms with Crippen LogP contribution in [0.15, 0.2) is 0 Å². The van der Waals surface area contributed by atoms with Crippen LogP contribution in [0.1, 0.15) is 31.2 Å².